The second-order valence-corrected chi connectivity index (χ2v) is 8.72. The van der Waals surface area contributed by atoms with E-state index < -0.39 is 0 Å². The topological polar surface area (TPSA) is 50.6 Å². The molecule has 0 unspecified atom stereocenters. The summed E-state index contributed by atoms with van der Waals surface area (Å²) in [5.74, 6) is -0.00716. The van der Waals surface area contributed by atoms with Gasteiger partial charge in [0.15, 0.2) is 5.69 Å². The molecule has 1 fully saturated rings. The highest BCUT2D eigenvalue weighted by molar-refractivity contribution is 5.94. The Hall–Kier alpha value is -3.12. The Morgan fingerprint density at radius 3 is 2.53 bits per heavy atom. The Morgan fingerprint density at radius 1 is 1.03 bits per heavy atom. The molecule has 0 N–H and O–H groups in total. The van der Waals surface area contributed by atoms with E-state index in [4.69, 9.17) is 9.84 Å². The molecule has 0 bridgehead atoms. The summed E-state index contributed by atoms with van der Waals surface area (Å²) in [4.78, 5) is 17.7. The van der Waals surface area contributed by atoms with Crippen LogP contribution >= 0.6 is 0 Å². The van der Waals surface area contributed by atoms with Gasteiger partial charge in [-0.3, -0.25) is 4.79 Å². The summed E-state index contributed by atoms with van der Waals surface area (Å²) < 4.78 is 7.51. The molecule has 6 heteroatoms. The molecule has 1 saturated heterocycles. The third-order valence-electron chi connectivity index (χ3n) is 6.57. The molecule has 0 saturated carbocycles. The molecule has 1 aliphatic heterocycles. The number of hydrogen-bond donors (Lipinski definition) is 0. The molecular weight excluding hydrogens is 400 g/mol. The number of nitrogens with zero attached hydrogens (tertiary/aromatic N) is 4. The minimum Gasteiger partial charge on any atom is -0.378 e. The van der Waals surface area contributed by atoms with Crippen LogP contribution in [-0.4, -0.2) is 53.9 Å². The highest BCUT2D eigenvalue weighted by Gasteiger charge is 2.29. The van der Waals surface area contributed by atoms with Crippen molar-refractivity contribution in [2.75, 3.05) is 38.3 Å². The van der Waals surface area contributed by atoms with Crippen LogP contribution in [0.25, 0.3) is 5.69 Å². The maximum Gasteiger partial charge on any atom is 0.274 e. The predicted molar refractivity (Wildman–Crippen MR) is 126 cm³/mol. The Morgan fingerprint density at radius 2 is 1.75 bits per heavy atom. The number of carbonyl (C=O) groups excluding carboxylic acids is 1. The molecule has 1 aromatic heterocycles. The van der Waals surface area contributed by atoms with E-state index in [0.717, 1.165) is 67.9 Å². The molecule has 1 aliphatic carbocycles. The molecule has 32 heavy (non-hydrogen) atoms. The first-order valence-electron chi connectivity index (χ1n) is 11.5. The zero-order valence-electron chi connectivity index (χ0n) is 18.9. The lowest BCUT2D eigenvalue weighted by molar-refractivity contribution is 0.0777. The fraction of sp³-hybridized carbons (Fsp3) is 0.385. The van der Waals surface area contributed by atoms with Crippen molar-refractivity contribution in [2.24, 2.45) is 0 Å². The molecule has 2 aromatic carbocycles. The highest BCUT2D eigenvalue weighted by Crippen LogP contribution is 2.30. The maximum absolute atomic E-state index is 13.5. The quantitative estimate of drug-likeness (QED) is 0.618. The number of fused-ring (bicyclic) bond motifs is 1. The molecule has 0 spiro atoms. The smallest absolute Gasteiger partial charge is 0.274 e. The molecule has 1 amide bonds. The first-order chi connectivity index (χ1) is 15.6. The molecule has 166 valence electrons. The van der Waals surface area contributed by atoms with Gasteiger partial charge in [-0.25, -0.2) is 4.68 Å². The summed E-state index contributed by atoms with van der Waals surface area (Å²) in [5.41, 5.74) is 7.47. The van der Waals surface area contributed by atoms with Gasteiger partial charge in [0.1, 0.15) is 0 Å². The van der Waals surface area contributed by atoms with Gasteiger partial charge in [-0.2, -0.15) is 5.10 Å². The van der Waals surface area contributed by atoms with Crippen molar-refractivity contribution < 1.29 is 9.53 Å². The summed E-state index contributed by atoms with van der Waals surface area (Å²) in [6.45, 7) is 5.89. The lowest BCUT2D eigenvalue weighted by Crippen LogP contribution is -2.37. The van der Waals surface area contributed by atoms with Crippen LogP contribution in [0.1, 0.15) is 39.3 Å². The maximum atomic E-state index is 13.5. The van der Waals surface area contributed by atoms with E-state index in [1.807, 2.05) is 34.8 Å². The number of anilines is 1. The van der Waals surface area contributed by atoms with Crippen LogP contribution in [0.2, 0.25) is 0 Å². The average Bonchev–Trinajstić information content (AvgIpc) is 3.43. The number of ether oxygens (including phenoxy) is 1. The van der Waals surface area contributed by atoms with Gasteiger partial charge in [-0.1, -0.05) is 36.4 Å². The zero-order valence-corrected chi connectivity index (χ0v) is 18.9. The molecular formula is C26H30N4O2. The van der Waals surface area contributed by atoms with Crippen molar-refractivity contribution in [3.8, 4) is 5.69 Å². The second kappa shape index (κ2) is 8.79. The van der Waals surface area contributed by atoms with Crippen LogP contribution in [0.4, 0.5) is 5.69 Å². The van der Waals surface area contributed by atoms with Gasteiger partial charge in [-0.15, -0.1) is 0 Å². The first-order valence-corrected chi connectivity index (χ1v) is 11.5. The van der Waals surface area contributed by atoms with Gasteiger partial charge in [0.05, 0.1) is 18.9 Å². The summed E-state index contributed by atoms with van der Waals surface area (Å²) in [6, 6.07) is 16.6. The number of hydrogen-bond acceptors (Lipinski definition) is 4. The molecule has 2 aliphatic rings. The fourth-order valence-electron chi connectivity index (χ4n) is 4.87. The Bertz CT molecular complexity index is 1130. The number of carbonyl (C=O) groups is 1. The van der Waals surface area contributed by atoms with Gasteiger partial charge < -0.3 is 14.5 Å². The number of aromatic nitrogens is 2. The largest absolute Gasteiger partial charge is 0.378 e. The van der Waals surface area contributed by atoms with Gasteiger partial charge in [0, 0.05) is 43.6 Å². The van der Waals surface area contributed by atoms with Crippen molar-refractivity contribution in [3.63, 3.8) is 0 Å². The summed E-state index contributed by atoms with van der Waals surface area (Å²) in [7, 11) is 1.88. The van der Waals surface area contributed by atoms with E-state index in [1.54, 1.807) is 0 Å². The van der Waals surface area contributed by atoms with Crippen molar-refractivity contribution in [2.45, 2.75) is 32.7 Å². The van der Waals surface area contributed by atoms with Gasteiger partial charge in [-0.05, 0) is 49.4 Å². The van der Waals surface area contributed by atoms with Crippen molar-refractivity contribution in [1.82, 2.24) is 14.7 Å². The van der Waals surface area contributed by atoms with Crippen molar-refractivity contribution >= 4 is 11.6 Å². The standard InChI is InChI=1S/C26H30N4O2/c1-19-8-3-5-11-22(19)30-24-13-7-10-21(24)25(27-30)26(31)28(2)18-20-9-4-6-12-23(20)29-14-16-32-17-15-29/h3-6,8-9,11-12H,7,10,13-18H2,1-2H3. The molecule has 5 rings (SSSR count). The average molecular weight is 431 g/mol. The zero-order chi connectivity index (χ0) is 22.1. The Labute approximate surface area is 189 Å². The lowest BCUT2D eigenvalue weighted by Gasteiger charge is -2.31. The van der Waals surface area contributed by atoms with Gasteiger partial charge in [0.2, 0.25) is 0 Å². The van der Waals surface area contributed by atoms with Crippen molar-refractivity contribution in [3.05, 3.63) is 76.6 Å². The third kappa shape index (κ3) is 3.79. The number of benzene rings is 2. The number of rotatable bonds is 5. The van der Waals surface area contributed by atoms with E-state index in [1.165, 1.54) is 11.4 Å². The number of para-hydroxylation sites is 2. The Balaban J connectivity index is 1.42. The van der Waals surface area contributed by atoms with Gasteiger partial charge >= 0.3 is 0 Å². The number of aryl methyl sites for hydroxylation is 1. The third-order valence-corrected chi connectivity index (χ3v) is 6.57. The molecule has 6 nitrogen and oxygen atoms in total. The molecule has 0 atom stereocenters. The van der Waals surface area contributed by atoms with E-state index in [2.05, 4.69) is 42.2 Å². The predicted octanol–water partition coefficient (Wildman–Crippen LogP) is 3.78. The molecule has 3 aromatic rings. The van der Waals surface area contributed by atoms with Crippen LogP contribution in [-0.2, 0) is 24.1 Å². The van der Waals surface area contributed by atoms with E-state index in [-0.39, 0.29) is 5.91 Å². The SMILES string of the molecule is Cc1ccccc1-n1nc(C(=O)N(C)Cc2ccccc2N2CCOCC2)c2c1CCC2. The first kappa shape index (κ1) is 20.8. The van der Waals surface area contributed by atoms with E-state index in [9.17, 15) is 4.79 Å². The van der Waals surface area contributed by atoms with Crippen LogP contribution < -0.4 is 4.90 Å². The van der Waals surface area contributed by atoms with E-state index in [0.29, 0.717) is 12.2 Å². The Kier molecular flexibility index (Phi) is 5.70. The second-order valence-electron chi connectivity index (χ2n) is 8.72. The molecule has 0 radical (unpaired) electrons. The summed E-state index contributed by atoms with van der Waals surface area (Å²) in [5, 5.41) is 4.84. The summed E-state index contributed by atoms with van der Waals surface area (Å²) >= 11 is 0. The fourth-order valence-corrected chi connectivity index (χ4v) is 4.87. The van der Waals surface area contributed by atoms with Crippen LogP contribution in [0.3, 0.4) is 0 Å². The number of morpholine rings is 1. The lowest BCUT2D eigenvalue weighted by atomic mass is 10.1. The molecule has 2 heterocycles. The minimum atomic E-state index is -0.00716. The van der Waals surface area contributed by atoms with E-state index >= 15 is 0 Å². The highest BCUT2D eigenvalue weighted by atomic mass is 16.5. The van der Waals surface area contributed by atoms with Crippen LogP contribution in [0.5, 0.6) is 0 Å². The van der Waals surface area contributed by atoms with Crippen LogP contribution in [0.15, 0.2) is 48.5 Å². The van der Waals surface area contributed by atoms with Gasteiger partial charge in [0.25, 0.3) is 5.91 Å². The minimum absolute atomic E-state index is 0.00716. The summed E-state index contributed by atoms with van der Waals surface area (Å²) in [6.07, 6.45) is 2.96. The monoisotopic (exact) mass is 430 g/mol. The normalized spacial score (nSPS) is 15.6. The van der Waals surface area contributed by atoms with Crippen molar-refractivity contribution in [1.29, 1.82) is 0 Å². The number of amides is 1. The van der Waals surface area contributed by atoms with Crippen LogP contribution in [0, 0.1) is 6.92 Å².